The number of nitrogens with two attached hydrogens (primary N) is 3. The normalized spacial score (nSPS) is 18.4. The first kappa shape index (κ1) is 30.8. The minimum Gasteiger partial charge on any atom is -0.543 e. The van der Waals surface area contributed by atoms with Gasteiger partial charge in [0.2, 0.25) is 18.2 Å². The molecule has 2 aliphatic heterocycles. The molecular weight excluding hydrogens is 611 g/mol. The van der Waals surface area contributed by atoms with Gasteiger partial charge in [-0.05, 0) is 23.8 Å². The van der Waals surface area contributed by atoms with Crippen LogP contribution in [0.1, 0.15) is 25.5 Å². The van der Waals surface area contributed by atoms with Gasteiger partial charge in [-0.25, -0.2) is 14.3 Å². The lowest BCUT2D eigenvalue weighted by atomic mass is 10.0. The summed E-state index contributed by atoms with van der Waals surface area (Å²) in [6, 6.07) is 0.454. The van der Waals surface area contributed by atoms with Crippen molar-refractivity contribution in [1.29, 1.82) is 0 Å². The van der Waals surface area contributed by atoms with Gasteiger partial charge in [0.15, 0.2) is 10.8 Å². The molecule has 0 bridgehead atoms. The number of anilines is 3. The van der Waals surface area contributed by atoms with E-state index in [1.165, 1.54) is 28.9 Å². The van der Waals surface area contributed by atoms with Crippen molar-refractivity contribution in [2.75, 3.05) is 35.3 Å². The van der Waals surface area contributed by atoms with Crippen molar-refractivity contribution in [1.82, 2.24) is 20.2 Å². The number of β-lactam (4-membered cyclic amide) rings is 1. The van der Waals surface area contributed by atoms with Crippen LogP contribution in [-0.2, 0) is 30.6 Å². The SMILES string of the molecule is CCCC[n+]1c(N)cc(N)nc1SCC1=C(C(=O)[O-])N2C(=O)C(NC(=O)/C(=N\OCC(=O)O)c3csc(N)n3)[C@H]2SC1. The zero-order chi connectivity index (χ0) is 30.6. The van der Waals surface area contributed by atoms with Gasteiger partial charge in [0, 0.05) is 16.9 Å². The predicted octanol–water partition coefficient (Wildman–Crippen LogP) is -1.63. The van der Waals surface area contributed by atoms with Crippen LogP contribution < -0.4 is 32.2 Å². The fourth-order valence-electron chi connectivity index (χ4n) is 4.09. The molecule has 1 saturated heterocycles. The average molecular weight is 638 g/mol. The van der Waals surface area contributed by atoms with E-state index in [-0.39, 0.29) is 33.8 Å². The van der Waals surface area contributed by atoms with E-state index in [1.54, 1.807) is 10.6 Å². The summed E-state index contributed by atoms with van der Waals surface area (Å²) in [4.78, 5) is 63.3. The lowest BCUT2D eigenvalue weighted by Gasteiger charge is -2.50. The van der Waals surface area contributed by atoms with E-state index in [2.05, 4.69) is 20.4 Å². The summed E-state index contributed by atoms with van der Waals surface area (Å²) in [6.45, 7) is 1.82. The number of carboxylic acids is 2. The second kappa shape index (κ2) is 13.3. The number of nitrogen functional groups attached to an aromatic ring is 3. The van der Waals surface area contributed by atoms with Crippen molar-refractivity contribution in [3.8, 4) is 0 Å². The standard InChI is InChI=1S/C23H27N9O7S3/c1-2-3-4-31-13(25)5-12(24)28-23(31)42-8-10-7-40-20-16(19(36)32(20)17(10)21(37)38)29-18(35)15(30-39-6-14(33)34)11-9-41-22(26)27-11/h5,9,16,20H,2-4,6-8H2,1H3,(H8,24,25,26,27,29,33,34,35,37,38)/b30-15-/t16?,20-/m1/s1. The second-order valence-corrected chi connectivity index (χ2v) is 11.9. The molecule has 16 nitrogen and oxygen atoms in total. The number of carbonyl (C=O) groups is 4. The Balaban J connectivity index is 1.51. The molecule has 0 spiro atoms. The van der Waals surface area contributed by atoms with Gasteiger partial charge < -0.3 is 42.4 Å². The Kier molecular flexibility index (Phi) is 9.74. The first-order valence-corrected chi connectivity index (χ1v) is 15.3. The minimum absolute atomic E-state index is 0.0157. The fraction of sp³-hybridized carbons (Fsp3) is 0.391. The average Bonchev–Trinajstić information content (AvgIpc) is 3.36. The maximum atomic E-state index is 13.1. The number of hydrogen-bond donors (Lipinski definition) is 5. The van der Waals surface area contributed by atoms with Gasteiger partial charge in [-0.15, -0.1) is 23.1 Å². The number of nitrogens with one attached hydrogen (secondary N) is 1. The van der Waals surface area contributed by atoms with Crippen LogP contribution in [0.3, 0.4) is 0 Å². The quantitative estimate of drug-likeness (QED) is 0.0413. The summed E-state index contributed by atoms with van der Waals surface area (Å²) >= 11 is 3.51. The topological polar surface area (TPSA) is 256 Å². The van der Waals surface area contributed by atoms with Crippen LogP contribution in [-0.4, -0.2) is 79.0 Å². The summed E-state index contributed by atoms with van der Waals surface area (Å²) in [5.74, 6) is -3.34. The molecule has 1 fully saturated rings. The Morgan fingerprint density at radius 3 is 2.74 bits per heavy atom. The van der Waals surface area contributed by atoms with Crippen molar-refractivity contribution in [3.05, 3.63) is 28.4 Å². The van der Waals surface area contributed by atoms with E-state index in [0.717, 1.165) is 29.1 Å². The van der Waals surface area contributed by atoms with Gasteiger partial charge in [0.25, 0.3) is 11.8 Å². The Bertz CT molecular complexity index is 1480. The Labute approximate surface area is 251 Å². The fourth-order valence-corrected chi connectivity index (χ4v) is 7.18. The molecule has 0 aliphatic carbocycles. The molecule has 224 valence electrons. The number of fused-ring (bicyclic) bond motifs is 1. The molecule has 0 radical (unpaired) electrons. The van der Waals surface area contributed by atoms with Crippen LogP contribution in [0.5, 0.6) is 0 Å². The monoisotopic (exact) mass is 637 g/mol. The third kappa shape index (κ3) is 6.68. The Morgan fingerprint density at radius 2 is 2.10 bits per heavy atom. The van der Waals surface area contributed by atoms with E-state index < -0.39 is 47.5 Å². The molecule has 4 heterocycles. The van der Waals surface area contributed by atoms with Crippen LogP contribution in [0, 0.1) is 0 Å². The number of nitrogens with zero attached hydrogens (tertiary/aromatic N) is 5. The van der Waals surface area contributed by atoms with Crippen LogP contribution in [0.15, 0.2) is 33.0 Å². The van der Waals surface area contributed by atoms with Gasteiger partial charge in [-0.3, -0.25) is 14.5 Å². The van der Waals surface area contributed by atoms with Crippen LogP contribution in [0.25, 0.3) is 0 Å². The second-order valence-electron chi connectivity index (χ2n) is 8.96. The zero-order valence-corrected chi connectivity index (χ0v) is 24.6. The van der Waals surface area contributed by atoms with E-state index in [0.29, 0.717) is 23.1 Å². The van der Waals surface area contributed by atoms with Crippen molar-refractivity contribution < 1.29 is 38.8 Å². The molecule has 2 amide bonds. The largest absolute Gasteiger partial charge is 0.543 e. The maximum Gasteiger partial charge on any atom is 0.344 e. The summed E-state index contributed by atoms with van der Waals surface area (Å²) < 4.78 is 1.80. The number of rotatable bonds is 13. The van der Waals surface area contributed by atoms with Crippen molar-refractivity contribution in [2.45, 2.75) is 42.9 Å². The van der Waals surface area contributed by atoms with E-state index >= 15 is 0 Å². The van der Waals surface area contributed by atoms with Crippen LogP contribution in [0.2, 0.25) is 0 Å². The molecule has 4 rings (SSSR count). The molecule has 19 heteroatoms. The van der Waals surface area contributed by atoms with Crippen LogP contribution >= 0.6 is 34.9 Å². The van der Waals surface area contributed by atoms with Gasteiger partial charge in [-0.1, -0.05) is 23.5 Å². The Hall–Kier alpha value is -4.10. The van der Waals surface area contributed by atoms with Crippen LogP contribution in [0.4, 0.5) is 16.8 Å². The molecule has 0 saturated carbocycles. The lowest BCUT2D eigenvalue weighted by molar-refractivity contribution is -0.723. The first-order chi connectivity index (χ1) is 20.0. The highest BCUT2D eigenvalue weighted by Crippen LogP contribution is 2.41. The van der Waals surface area contributed by atoms with E-state index in [1.807, 2.05) is 6.92 Å². The highest BCUT2D eigenvalue weighted by atomic mass is 32.2. The number of thiazole rings is 1. The molecule has 42 heavy (non-hydrogen) atoms. The molecular formula is C23H27N9O7S3. The molecule has 2 atom stereocenters. The number of aromatic nitrogens is 3. The lowest BCUT2D eigenvalue weighted by Crippen LogP contribution is -2.71. The summed E-state index contributed by atoms with van der Waals surface area (Å²) in [5.41, 5.74) is 17.5. The highest BCUT2D eigenvalue weighted by Gasteiger charge is 2.53. The van der Waals surface area contributed by atoms with E-state index in [9.17, 15) is 24.3 Å². The predicted molar refractivity (Wildman–Crippen MR) is 153 cm³/mol. The van der Waals surface area contributed by atoms with Crippen molar-refractivity contribution in [2.24, 2.45) is 5.16 Å². The number of aliphatic carboxylic acids is 2. The number of carboxylic acid groups (broad SMARTS) is 2. The third-order valence-corrected chi connectivity index (χ3v) is 9.10. The van der Waals surface area contributed by atoms with E-state index in [4.69, 9.17) is 27.1 Å². The van der Waals surface area contributed by atoms with Crippen molar-refractivity contribution >= 4 is 81.1 Å². The Morgan fingerprint density at radius 1 is 1.33 bits per heavy atom. The maximum absolute atomic E-state index is 13.1. The summed E-state index contributed by atoms with van der Waals surface area (Å²) in [6.07, 6.45) is 1.77. The minimum atomic E-state index is -1.53. The van der Waals surface area contributed by atoms with Crippen molar-refractivity contribution in [3.63, 3.8) is 0 Å². The number of amides is 2. The zero-order valence-electron chi connectivity index (χ0n) is 22.1. The van der Waals surface area contributed by atoms with Gasteiger partial charge in [-0.2, -0.15) is 0 Å². The molecule has 8 N–H and O–H groups in total. The molecule has 2 aromatic heterocycles. The number of thioether (sulfide) groups is 2. The van der Waals surface area contributed by atoms with Gasteiger partial charge in [0.05, 0.1) is 24.3 Å². The smallest absolute Gasteiger partial charge is 0.344 e. The number of oxime groups is 1. The number of unbranched alkanes of at least 4 members (excludes halogenated alkanes) is 1. The third-order valence-electron chi connectivity index (χ3n) is 6.02. The van der Waals surface area contributed by atoms with Gasteiger partial charge in [0.1, 0.15) is 17.1 Å². The first-order valence-electron chi connectivity index (χ1n) is 12.4. The number of hydrogen-bond acceptors (Lipinski definition) is 15. The van der Waals surface area contributed by atoms with Gasteiger partial charge >= 0.3 is 11.1 Å². The number of carbonyl (C=O) groups excluding carboxylic acids is 3. The highest BCUT2D eigenvalue weighted by molar-refractivity contribution is 8.01. The molecule has 2 aromatic rings. The molecule has 2 aliphatic rings. The summed E-state index contributed by atoms with van der Waals surface area (Å²) in [7, 11) is 0. The molecule has 0 aromatic carbocycles. The summed E-state index contributed by atoms with van der Waals surface area (Å²) in [5, 5.41) is 28.4. The molecule has 1 unspecified atom stereocenters.